The number of benzene rings is 7. The van der Waals surface area contributed by atoms with Gasteiger partial charge in [0.2, 0.25) is 0 Å². The van der Waals surface area contributed by atoms with Crippen molar-refractivity contribution in [1.82, 2.24) is 10.3 Å². The van der Waals surface area contributed by atoms with Gasteiger partial charge in [0.15, 0.2) is 6.04 Å². The molecule has 2 heterocycles. The summed E-state index contributed by atoms with van der Waals surface area (Å²) in [5.74, 6) is -1.15. The summed E-state index contributed by atoms with van der Waals surface area (Å²) in [5.41, 5.74) is 2.65. The standard InChI is InChI=1S/C55H48N4O5P2S2/c60-51(57-33-17-35-66(43-22-10-3-11-23-43,44-24-12-4-13-25-44)45-26-14-5-15-27-45)39-28-30-46(49(36-39)65(41-18-6-1-7-19-41)42-20-8-2-9-21-42)55(63)64-34-16-32-56-40-29-31-47-50(37-40)68-53(58-47)52-59-48(38-67-52)54(61)62/h1-15,18-31,36-37,48H,16-17,32-35,38H2,(H2-,56,57,59,60,61,62)/p+1/t48-/m1/s1. The van der Waals surface area contributed by atoms with Gasteiger partial charge in [-0.2, -0.15) is 0 Å². The number of nitrogens with zero attached hydrogens (tertiary/aromatic N) is 2. The molecular weight excluding hydrogens is 923 g/mol. The van der Waals surface area contributed by atoms with Crippen molar-refractivity contribution in [2.45, 2.75) is 18.9 Å². The summed E-state index contributed by atoms with van der Waals surface area (Å²) in [4.78, 5) is 48.8. The van der Waals surface area contributed by atoms with Crippen molar-refractivity contribution in [2.24, 2.45) is 4.99 Å². The van der Waals surface area contributed by atoms with Crippen LogP contribution in [-0.4, -0.2) is 70.6 Å². The maximum Gasteiger partial charge on any atom is 0.338 e. The van der Waals surface area contributed by atoms with Gasteiger partial charge in [0, 0.05) is 35.4 Å². The zero-order valence-electron chi connectivity index (χ0n) is 37.1. The molecule has 13 heteroatoms. The van der Waals surface area contributed by atoms with Crippen molar-refractivity contribution in [2.75, 3.05) is 36.9 Å². The first kappa shape index (κ1) is 46.6. The Kier molecular flexibility index (Phi) is 15.1. The van der Waals surface area contributed by atoms with Crippen molar-refractivity contribution in [3.8, 4) is 0 Å². The SMILES string of the molecule is O=C(NCCC[P+](c1ccccc1)(c1ccccc1)c1ccccc1)c1ccc(C(=O)OCCCNc2ccc3nc(C4=N[C@@H](C(=O)O)CS4)sc3c2)c(P(c2ccccc2)c2ccccc2)c1. The quantitative estimate of drug-likeness (QED) is 0.0417. The molecule has 3 N–H and O–H groups in total. The lowest BCUT2D eigenvalue weighted by Gasteiger charge is -2.27. The normalized spacial score (nSPS) is 13.5. The summed E-state index contributed by atoms with van der Waals surface area (Å²) in [6, 6.07) is 63.1. The second-order valence-corrected chi connectivity index (χ2v) is 23.9. The first-order chi connectivity index (χ1) is 33.4. The Morgan fingerprint density at radius 2 is 1.28 bits per heavy atom. The molecule has 7 aromatic carbocycles. The van der Waals surface area contributed by atoms with E-state index in [1.807, 2.05) is 60.7 Å². The number of carbonyl (C=O) groups is 3. The Hall–Kier alpha value is -6.48. The van der Waals surface area contributed by atoms with Crippen LogP contribution in [0.3, 0.4) is 0 Å². The molecule has 340 valence electrons. The van der Waals surface area contributed by atoms with Crippen LogP contribution < -0.4 is 42.5 Å². The lowest BCUT2D eigenvalue weighted by molar-refractivity contribution is -0.137. The van der Waals surface area contributed by atoms with Gasteiger partial charge in [0.05, 0.1) is 28.5 Å². The average molecular weight is 972 g/mol. The Morgan fingerprint density at radius 1 is 0.691 bits per heavy atom. The maximum absolute atomic E-state index is 14.2. The highest BCUT2D eigenvalue weighted by molar-refractivity contribution is 8.15. The second-order valence-electron chi connectivity index (χ2n) is 16.1. The molecule has 9 nitrogen and oxygen atoms in total. The molecule has 0 saturated carbocycles. The van der Waals surface area contributed by atoms with Crippen LogP contribution in [0.1, 0.15) is 38.6 Å². The molecule has 0 unspecified atom stereocenters. The minimum absolute atomic E-state index is 0.190. The van der Waals surface area contributed by atoms with Gasteiger partial charge >= 0.3 is 11.9 Å². The van der Waals surface area contributed by atoms with E-state index in [0.29, 0.717) is 41.4 Å². The Labute approximate surface area is 406 Å². The lowest BCUT2D eigenvalue weighted by atomic mass is 10.1. The number of anilines is 1. The average Bonchev–Trinajstić information content (AvgIpc) is 4.06. The second kappa shape index (κ2) is 22.1. The summed E-state index contributed by atoms with van der Waals surface area (Å²) in [7, 11) is -3.31. The third-order valence-corrected chi connectivity index (χ3v) is 20.9. The van der Waals surface area contributed by atoms with Gasteiger partial charge in [-0.15, -0.1) is 23.1 Å². The van der Waals surface area contributed by atoms with E-state index in [9.17, 15) is 19.5 Å². The van der Waals surface area contributed by atoms with Crippen LogP contribution in [0.25, 0.3) is 10.2 Å². The molecule has 1 aliphatic rings. The number of carboxylic acid groups (broad SMARTS) is 1. The maximum atomic E-state index is 14.2. The highest BCUT2D eigenvalue weighted by Gasteiger charge is 2.44. The molecule has 0 radical (unpaired) electrons. The number of aromatic nitrogens is 1. The number of thioether (sulfide) groups is 1. The predicted octanol–water partition coefficient (Wildman–Crippen LogP) is 8.77. The van der Waals surface area contributed by atoms with E-state index in [4.69, 9.17) is 4.74 Å². The Balaban J connectivity index is 0.904. The third kappa shape index (κ3) is 10.6. The molecule has 8 aromatic rings. The van der Waals surface area contributed by atoms with E-state index in [0.717, 1.165) is 49.4 Å². The molecule has 0 spiro atoms. The van der Waals surface area contributed by atoms with E-state index in [1.165, 1.54) is 39.0 Å². The van der Waals surface area contributed by atoms with Crippen LogP contribution in [0, 0.1) is 0 Å². The highest BCUT2D eigenvalue weighted by atomic mass is 32.2. The fourth-order valence-corrected chi connectivity index (χ4v) is 17.3. The summed E-state index contributed by atoms with van der Waals surface area (Å²) in [6.07, 6.45) is 2.20. The van der Waals surface area contributed by atoms with Gasteiger partial charge in [-0.05, 0) is 104 Å². The van der Waals surface area contributed by atoms with E-state index in [2.05, 4.69) is 136 Å². The van der Waals surface area contributed by atoms with Crippen LogP contribution in [0.2, 0.25) is 0 Å². The minimum atomic E-state index is -2.06. The fraction of sp³-hybridized carbons (Fsp3) is 0.145. The van der Waals surface area contributed by atoms with E-state index in [-0.39, 0.29) is 12.5 Å². The van der Waals surface area contributed by atoms with Gasteiger partial charge < -0.3 is 20.5 Å². The number of nitrogens with one attached hydrogen (secondary N) is 2. The molecule has 1 amide bonds. The number of amides is 1. The van der Waals surface area contributed by atoms with Gasteiger partial charge in [0.25, 0.3) is 5.91 Å². The number of thiazole rings is 1. The number of hydrogen-bond acceptors (Lipinski definition) is 9. The number of rotatable bonds is 19. The largest absolute Gasteiger partial charge is 0.480 e. The molecule has 0 fully saturated rings. The van der Waals surface area contributed by atoms with E-state index >= 15 is 0 Å². The number of hydrogen-bond donors (Lipinski definition) is 3. The molecule has 68 heavy (non-hydrogen) atoms. The van der Waals surface area contributed by atoms with Crippen LogP contribution in [0.15, 0.2) is 193 Å². The van der Waals surface area contributed by atoms with Crippen LogP contribution in [0.4, 0.5) is 5.69 Å². The van der Waals surface area contributed by atoms with Crippen LogP contribution >= 0.6 is 38.3 Å². The zero-order valence-corrected chi connectivity index (χ0v) is 40.5. The number of carbonyl (C=O) groups excluding carboxylic acids is 2. The molecule has 1 atom stereocenters. The summed E-state index contributed by atoms with van der Waals surface area (Å²) < 4.78 is 6.94. The number of fused-ring (bicyclic) bond motifs is 1. The molecule has 0 aliphatic carbocycles. The molecular formula is C55H49N4O5P2S2+. The lowest BCUT2D eigenvalue weighted by Crippen LogP contribution is -2.35. The van der Waals surface area contributed by atoms with Crippen LogP contribution in [0.5, 0.6) is 0 Å². The third-order valence-electron chi connectivity index (χ3n) is 11.7. The van der Waals surface area contributed by atoms with E-state index in [1.54, 1.807) is 12.1 Å². The number of carboxylic acids is 1. The molecule has 1 aromatic heterocycles. The summed E-state index contributed by atoms with van der Waals surface area (Å²) in [6.45, 7) is 1.23. The van der Waals surface area contributed by atoms with Crippen molar-refractivity contribution in [3.05, 3.63) is 204 Å². The van der Waals surface area contributed by atoms with Gasteiger partial charge in [-0.25, -0.2) is 14.6 Å². The molecule has 1 aliphatic heterocycles. The molecule has 0 saturated heterocycles. The summed E-state index contributed by atoms with van der Waals surface area (Å²) in [5, 5.41) is 24.2. The molecule has 9 rings (SSSR count). The van der Waals surface area contributed by atoms with Gasteiger partial charge in [0.1, 0.15) is 33.2 Å². The Morgan fingerprint density at radius 3 is 1.85 bits per heavy atom. The van der Waals surface area contributed by atoms with E-state index < -0.39 is 33.2 Å². The topological polar surface area (TPSA) is 130 Å². The van der Waals surface area contributed by atoms with Crippen molar-refractivity contribution >= 4 is 109 Å². The number of ether oxygens (including phenoxy) is 1. The number of esters is 1. The molecule has 0 bridgehead atoms. The Bertz CT molecular complexity index is 2900. The van der Waals surface area contributed by atoms with Crippen LogP contribution in [-0.2, 0) is 9.53 Å². The smallest absolute Gasteiger partial charge is 0.338 e. The van der Waals surface area contributed by atoms with Crippen molar-refractivity contribution < 1.29 is 24.2 Å². The van der Waals surface area contributed by atoms with Crippen molar-refractivity contribution in [3.63, 3.8) is 0 Å². The minimum Gasteiger partial charge on any atom is -0.480 e. The highest BCUT2D eigenvalue weighted by Crippen LogP contribution is 2.55. The zero-order chi connectivity index (χ0) is 46.7. The van der Waals surface area contributed by atoms with Crippen molar-refractivity contribution in [1.29, 1.82) is 0 Å². The first-order valence-corrected chi connectivity index (χ1v) is 27.6. The van der Waals surface area contributed by atoms with Gasteiger partial charge in [-0.1, -0.05) is 115 Å². The number of aliphatic imine (C=N–C) groups is 1. The summed E-state index contributed by atoms with van der Waals surface area (Å²) >= 11 is 2.91. The fourth-order valence-electron chi connectivity index (χ4n) is 8.40. The monoisotopic (exact) mass is 971 g/mol. The predicted molar refractivity (Wildman–Crippen MR) is 286 cm³/mol. The van der Waals surface area contributed by atoms with Gasteiger partial charge in [-0.3, -0.25) is 9.79 Å². The number of aliphatic carboxylic acids is 1. The first-order valence-electron chi connectivity index (χ1n) is 22.5.